The Morgan fingerprint density at radius 2 is 0.573 bits per heavy atom. The molecule has 0 amide bonds. The van der Waals surface area contributed by atoms with Gasteiger partial charge < -0.3 is 33.8 Å². The van der Waals surface area contributed by atoms with E-state index < -0.39 is 97.5 Å². The number of unbranched alkanes of at least 4 members (excludes halogenated alkanes) is 25. The lowest BCUT2D eigenvalue weighted by atomic mass is 10.0. The number of aliphatic hydroxyl groups is 1. The van der Waals surface area contributed by atoms with Crippen LogP contribution < -0.4 is 0 Å². The van der Waals surface area contributed by atoms with E-state index in [1.807, 2.05) is 12.2 Å². The Hall–Kier alpha value is -4.28. The fourth-order valence-corrected chi connectivity index (χ4v) is 11.1. The summed E-state index contributed by atoms with van der Waals surface area (Å²) in [5.41, 5.74) is 0. The van der Waals surface area contributed by atoms with E-state index in [2.05, 4.69) is 125 Å². The van der Waals surface area contributed by atoms with Crippen LogP contribution in [-0.4, -0.2) is 96.7 Å². The number of ether oxygens (including phenoxy) is 4. The minimum Gasteiger partial charge on any atom is -0.462 e. The number of esters is 4. The van der Waals surface area contributed by atoms with Gasteiger partial charge in [-0.3, -0.25) is 37.3 Å². The van der Waals surface area contributed by atoms with Crippen molar-refractivity contribution in [3.05, 3.63) is 109 Å². The number of carbonyl (C=O) groups is 4. The van der Waals surface area contributed by atoms with Crippen molar-refractivity contribution in [2.45, 2.75) is 316 Å². The molecule has 0 saturated carbocycles. The maximum absolute atomic E-state index is 13.1. The molecule has 0 aromatic rings. The predicted octanol–water partition coefficient (Wildman–Crippen LogP) is 21.0. The first-order valence-corrected chi connectivity index (χ1v) is 40.1. The van der Waals surface area contributed by atoms with Crippen molar-refractivity contribution in [1.82, 2.24) is 0 Å². The number of hydrogen-bond donors (Lipinski definition) is 3. The monoisotopic (exact) mass is 1390 g/mol. The van der Waals surface area contributed by atoms with Crippen LogP contribution in [0, 0.1) is 0 Å². The standard InChI is InChI=1S/C77H132O17P2/c1-5-9-13-17-21-25-29-33-34-35-36-40-42-46-50-54-58-62-75(80)88-68-73(94-77(82)64-60-56-52-48-44-39-32-28-24-20-16-12-8-4)70-92-96(85,86)90-66-71(78)65-89-95(83,84)91-69-72(93-76(81)63-59-55-51-47-43-38-31-27-23-19-15-11-7-3)67-87-74(79)61-57-53-49-45-41-37-30-26-22-18-14-10-6-2/h9,13-15,18-19,21,25-27,30-31,33-34,36,40,46,50,71-73,78H,5-8,10-12,16-17,20,22-24,28-29,32,35,37-39,41-45,47-49,51-70H2,1-4H3,(H,83,84)(H,85,86)/b13-9-,18-14-,19-15-,25-21-,30-26-,31-27-,34-33-,40-36-,50-46-. The first-order valence-electron chi connectivity index (χ1n) is 37.1. The van der Waals surface area contributed by atoms with Crippen LogP contribution in [0.15, 0.2) is 109 Å². The van der Waals surface area contributed by atoms with Crippen LogP contribution >= 0.6 is 15.6 Å². The number of phosphoric acid groups is 2. The number of aliphatic hydroxyl groups excluding tert-OH is 1. The molecule has 0 saturated heterocycles. The molecule has 0 heterocycles. The number of phosphoric ester groups is 2. The molecule has 0 radical (unpaired) electrons. The molecule has 0 rings (SSSR count). The van der Waals surface area contributed by atoms with Gasteiger partial charge in [0, 0.05) is 25.7 Å². The molecule has 0 fully saturated rings. The summed E-state index contributed by atoms with van der Waals surface area (Å²) in [6.07, 6.45) is 72.4. The highest BCUT2D eigenvalue weighted by molar-refractivity contribution is 7.47. The Bertz CT molecular complexity index is 2250. The summed E-state index contributed by atoms with van der Waals surface area (Å²) in [5.74, 6) is -2.27. The Morgan fingerprint density at radius 3 is 0.917 bits per heavy atom. The minimum atomic E-state index is -4.98. The lowest BCUT2D eigenvalue weighted by Gasteiger charge is -2.21. The average Bonchev–Trinajstić information content (AvgIpc) is 3.12. The van der Waals surface area contributed by atoms with E-state index in [0.29, 0.717) is 32.1 Å². The highest BCUT2D eigenvalue weighted by Gasteiger charge is 2.30. The van der Waals surface area contributed by atoms with Gasteiger partial charge in [0.1, 0.15) is 19.3 Å². The van der Waals surface area contributed by atoms with E-state index in [1.165, 1.54) is 51.4 Å². The van der Waals surface area contributed by atoms with Crippen molar-refractivity contribution in [2.24, 2.45) is 0 Å². The third kappa shape index (κ3) is 68.3. The zero-order valence-corrected chi connectivity index (χ0v) is 61.8. The van der Waals surface area contributed by atoms with Gasteiger partial charge in [0.15, 0.2) is 12.2 Å². The van der Waals surface area contributed by atoms with Gasteiger partial charge in [-0.15, -0.1) is 0 Å². The molecule has 19 heteroatoms. The average molecular weight is 1390 g/mol. The second-order valence-corrected chi connectivity index (χ2v) is 27.4. The van der Waals surface area contributed by atoms with Crippen molar-refractivity contribution >= 4 is 39.5 Å². The van der Waals surface area contributed by atoms with Gasteiger partial charge in [0.25, 0.3) is 0 Å². The predicted molar refractivity (Wildman–Crippen MR) is 390 cm³/mol. The molecule has 0 aliphatic heterocycles. The molecule has 17 nitrogen and oxygen atoms in total. The fourth-order valence-electron chi connectivity index (χ4n) is 9.57. The maximum atomic E-state index is 13.1. The Balaban J connectivity index is 5.39. The van der Waals surface area contributed by atoms with Gasteiger partial charge in [-0.05, 0) is 116 Å². The fraction of sp³-hybridized carbons (Fsp3) is 0.714. The molecule has 0 spiro atoms. The van der Waals surface area contributed by atoms with Crippen LogP contribution in [0.2, 0.25) is 0 Å². The number of rotatable bonds is 69. The van der Waals surface area contributed by atoms with Gasteiger partial charge >= 0.3 is 39.5 Å². The van der Waals surface area contributed by atoms with Gasteiger partial charge in [-0.1, -0.05) is 265 Å². The van der Waals surface area contributed by atoms with Crippen LogP contribution in [0.1, 0.15) is 297 Å². The van der Waals surface area contributed by atoms with Crippen LogP contribution in [-0.2, 0) is 65.4 Å². The van der Waals surface area contributed by atoms with Crippen molar-refractivity contribution in [2.75, 3.05) is 39.6 Å². The van der Waals surface area contributed by atoms with Gasteiger partial charge in [0.05, 0.1) is 26.4 Å². The highest BCUT2D eigenvalue weighted by atomic mass is 31.2. The zero-order valence-electron chi connectivity index (χ0n) is 60.0. The van der Waals surface area contributed by atoms with Crippen molar-refractivity contribution in [3.8, 4) is 0 Å². The van der Waals surface area contributed by atoms with Crippen LogP contribution in [0.25, 0.3) is 0 Å². The van der Waals surface area contributed by atoms with E-state index in [9.17, 15) is 43.2 Å². The Kier molecular flexibility index (Phi) is 66.1. The van der Waals surface area contributed by atoms with Crippen molar-refractivity contribution in [1.29, 1.82) is 0 Å². The van der Waals surface area contributed by atoms with E-state index in [4.69, 9.17) is 37.0 Å². The smallest absolute Gasteiger partial charge is 0.462 e. The highest BCUT2D eigenvalue weighted by Crippen LogP contribution is 2.45. The second-order valence-electron chi connectivity index (χ2n) is 24.5. The molecule has 0 aromatic heterocycles. The molecule has 0 aliphatic carbocycles. The summed E-state index contributed by atoms with van der Waals surface area (Å²) in [6, 6.07) is 0. The van der Waals surface area contributed by atoms with E-state index in [1.54, 1.807) is 0 Å². The summed E-state index contributed by atoms with van der Waals surface area (Å²) < 4.78 is 68.3. The van der Waals surface area contributed by atoms with Gasteiger partial charge in [0.2, 0.25) is 0 Å². The Labute approximate surface area is 581 Å². The molecule has 0 aromatic carbocycles. The molecular weight excluding hydrogens is 1260 g/mol. The number of carbonyl (C=O) groups excluding carboxylic acids is 4. The number of allylic oxidation sites excluding steroid dienone is 18. The third-order valence-electron chi connectivity index (χ3n) is 15.2. The third-order valence-corrected chi connectivity index (χ3v) is 17.1. The summed E-state index contributed by atoms with van der Waals surface area (Å²) >= 11 is 0. The first-order chi connectivity index (χ1) is 46.7. The van der Waals surface area contributed by atoms with E-state index >= 15 is 0 Å². The second kappa shape index (κ2) is 69.2. The van der Waals surface area contributed by atoms with E-state index in [-0.39, 0.29) is 25.7 Å². The SMILES string of the molecule is CC/C=C\C/C=C\C/C=C\C/C=C\C/C=C\CCCC(=O)OCC(COP(=O)(O)OCC(O)COP(=O)(O)OCC(COC(=O)CCCCCCC/C=C\C/C=C\CCC)OC(=O)CCCCCCC/C=C\C/C=C\CCC)OC(=O)CCCCCCCCCCCCCCC. The maximum Gasteiger partial charge on any atom is 0.472 e. The summed E-state index contributed by atoms with van der Waals surface area (Å²) in [7, 11) is -9.96. The van der Waals surface area contributed by atoms with Crippen LogP contribution in [0.3, 0.4) is 0 Å². The summed E-state index contributed by atoms with van der Waals surface area (Å²) in [5, 5.41) is 10.6. The summed E-state index contributed by atoms with van der Waals surface area (Å²) in [4.78, 5) is 72.7. The van der Waals surface area contributed by atoms with Gasteiger partial charge in [-0.2, -0.15) is 0 Å². The van der Waals surface area contributed by atoms with Crippen molar-refractivity contribution < 1.29 is 80.2 Å². The topological polar surface area (TPSA) is 237 Å². The lowest BCUT2D eigenvalue weighted by molar-refractivity contribution is -0.161. The van der Waals surface area contributed by atoms with E-state index in [0.717, 1.165) is 161 Å². The molecule has 5 unspecified atom stereocenters. The number of hydrogen-bond acceptors (Lipinski definition) is 15. The molecule has 552 valence electrons. The molecule has 3 N–H and O–H groups in total. The van der Waals surface area contributed by atoms with Crippen LogP contribution in [0.5, 0.6) is 0 Å². The molecule has 0 bridgehead atoms. The minimum absolute atomic E-state index is 0.0738. The Morgan fingerprint density at radius 1 is 0.302 bits per heavy atom. The molecule has 96 heavy (non-hydrogen) atoms. The van der Waals surface area contributed by atoms with Crippen LogP contribution in [0.4, 0.5) is 0 Å². The largest absolute Gasteiger partial charge is 0.472 e. The molecule has 5 atom stereocenters. The quantitative estimate of drug-likeness (QED) is 0.0169. The lowest BCUT2D eigenvalue weighted by Crippen LogP contribution is -2.30. The normalized spacial score (nSPS) is 14.6. The summed E-state index contributed by atoms with van der Waals surface area (Å²) in [6.45, 7) is 4.53. The zero-order chi connectivity index (χ0) is 70.4. The molecule has 0 aliphatic rings. The first kappa shape index (κ1) is 91.7. The van der Waals surface area contributed by atoms with Gasteiger partial charge in [-0.25, -0.2) is 9.13 Å². The van der Waals surface area contributed by atoms with Crippen molar-refractivity contribution in [3.63, 3.8) is 0 Å². The molecular formula is C77H132O17P2.